The van der Waals surface area contributed by atoms with Gasteiger partial charge in [-0.25, -0.2) is 8.78 Å². The van der Waals surface area contributed by atoms with Crippen LogP contribution in [0, 0.1) is 11.6 Å². The van der Waals surface area contributed by atoms with Gasteiger partial charge in [-0.3, -0.25) is 4.90 Å². The van der Waals surface area contributed by atoms with E-state index in [-0.39, 0.29) is 6.04 Å². The lowest BCUT2D eigenvalue weighted by Gasteiger charge is -2.29. The Bertz CT molecular complexity index is 450. The number of likely N-dealkylation sites (tertiary alicyclic amines) is 1. The van der Waals surface area contributed by atoms with E-state index in [2.05, 4.69) is 24.1 Å². The van der Waals surface area contributed by atoms with Crippen molar-refractivity contribution < 1.29 is 8.78 Å². The zero-order chi connectivity index (χ0) is 15.2. The Kier molecular flexibility index (Phi) is 6.12. The molecule has 0 spiro atoms. The fourth-order valence-electron chi connectivity index (χ4n) is 3.21. The maximum absolute atomic E-state index is 14.1. The zero-order valence-electron chi connectivity index (χ0n) is 13.0. The van der Waals surface area contributed by atoms with Gasteiger partial charge >= 0.3 is 0 Å². The number of nitrogens with one attached hydrogen (secondary N) is 1. The molecule has 0 saturated carbocycles. The SMILES string of the molecule is CCCNC(CN1CCCC1CC)c1cccc(F)c1F. The second-order valence-corrected chi connectivity index (χ2v) is 5.85. The van der Waals surface area contributed by atoms with E-state index in [1.54, 1.807) is 12.1 Å². The fraction of sp³-hybridized carbons (Fsp3) is 0.647. The molecule has 0 amide bonds. The lowest BCUT2D eigenvalue weighted by Crippen LogP contribution is -2.38. The molecule has 118 valence electrons. The molecular weight excluding hydrogens is 270 g/mol. The maximum Gasteiger partial charge on any atom is 0.163 e. The summed E-state index contributed by atoms with van der Waals surface area (Å²) in [6, 6.07) is 4.90. The van der Waals surface area contributed by atoms with Crippen LogP contribution in [0.2, 0.25) is 0 Å². The van der Waals surface area contributed by atoms with Crippen molar-refractivity contribution in [3.05, 3.63) is 35.4 Å². The molecule has 2 nitrogen and oxygen atoms in total. The largest absolute Gasteiger partial charge is 0.309 e. The summed E-state index contributed by atoms with van der Waals surface area (Å²) in [6.07, 6.45) is 4.50. The lowest BCUT2D eigenvalue weighted by molar-refractivity contribution is 0.218. The topological polar surface area (TPSA) is 15.3 Å². The van der Waals surface area contributed by atoms with E-state index in [9.17, 15) is 8.78 Å². The minimum Gasteiger partial charge on any atom is -0.309 e. The molecule has 2 unspecified atom stereocenters. The van der Waals surface area contributed by atoms with Crippen LogP contribution >= 0.6 is 0 Å². The van der Waals surface area contributed by atoms with Gasteiger partial charge in [-0.1, -0.05) is 26.0 Å². The summed E-state index contributed by atoms with van der Waals surface area (Å²) in [5, 5.41) is 3.38. The van der Waals surface area contributed by atoms with Crippen molar-refractivity contribution >= 4 is 0 Å². The third-order valence-electron chi connectivity index (χ3n) is 4.39. The molecule has 0 aromatic heterocycles. The molecule has 1 aromatic rings. The average molecular weight is 296 g/mol. The Morgan fingerprint density at radius 2 is 2.14 bits per heavy atom. The zero-order valence-corrected chi connectivity index (χ0v) is 13.0. The van der Waals surface area contributed by atoms with Crippen LogP contribution in [0.1, 0.15) is 51.1 Å². The normalized spacial score (nSPS) is 20.9. The molecule has 0 radical (unpaired) electrons. The highest BCUT2D eigenvalue weighted by Gasteiger charge is 2.27. The molecule has 2 atom stereocenters. The standard InChI is InChI=1S/C17H26F2N2/c1-3-10-20-16(12-21-11-6-7-13(21)4-2)14-8-5-9-15(18)17(14)19/h5,8-9,13,16,20H,3-4,6-7,10-12H2,1-2H3. The van der Waals surface area contributed by atoms with Gasteiger partial charge in [0.15, 0.2) is 11.6 Å². The summed E-state index contributed by atoms with van der Waals surface area (Å²) < 4.78 is 27.6. The summed E-state index contributed by atoms with van der Waals surface area (Å²) in [5.74, 6) is -1.47. The van der Waals surface area contributed by atoms with Gasteiger partial charge in [-0.05, 0) is 44.8 Å². The first-order valence-electron chi connectivity index (χ1n) is 8.08. The molecule has 4 heteroatoms. The number of hydrogen-bond donors (Lipinski definition) is 1. The number of hydrogen-bond acceptors (Lipinski definition) is 2. The predicted octanol–water partition coefficient (Wildman–Crippen LogP) is 3.88. The molecule has 1 fully saturated rings. The van der Waals surface area contributed by atoms with Crippen LogP contribution in [0.5, 0.6) is 0 Å². The molecule has 1 N–H and O–H groups in total. The van der Waals surface area contributed by atoms with Crippen molar-refractivity contribution in [3.8, 4) is 0 Å². The van der Waals surface area contributed by atoms with Crippen LogP contribution in [0.4, 0.5) is 8.78 Å². The first-order valence-corrected chi connectivity index (χ1v) is 8.08. The molecule has 0 bridgehead atoms. The van der Waals surface area contributed by atoms with Crippen molar-refractivity contribution in [2.45, 2.75) is 51.6 Å². The second kappa shape index (κ2) is 7.85. The van der Waals surface area contributed by atoms with Gasteiger partial charge in [0.25, 0.3) is 0 Å². The lowest BCUT2D eigenvalue weighted by atomic mass is 10.0. The summed E-state index contributed by atoms with van der Waals surface area (Å²) >= 11 is 0. The van der Waals surface area contributed by atoms with E-state index in [0.29, 0.717) is 11.6 Å². The Morgan fingerprint density at radius 3 is 2.86 bits per heavy atom. The molecular formula is C17H26F2N2. The summed E-state index contributed by atoms with van der Waals surface area (Å²) in [7, 11) is 0. The van der Waals surface area contributed by atoms with Gasteiger partial charge in [0.05, 0.1) is 0 Å². The number of benzene rings is 1. The van der Waals surface area contributed by atoms with Crippen molar-refractivity contribution in [2.24, 2.45) is 0 Å². The third-order valence-corrected chi connectivity index (χ3v) is 4.39. The summed E-state index contributed by atoms with van der Waals surface area (Å²) in [4.78, 5) is 2.41. The van der Waals surface area contributed by atoms with E-state index in [1.165, 1.54) is 18.9 Å². The van der Waals surface area contributed by atoms with Gasteiger partial charge in [0.2, 0.25) is 0 Å². The molecule has 1 saturated heterocycles. The quantitative estimate of drug-likeness (QED) is 0.821. The highest BCUT2D eigenvalue weighted by molar-refractivity contribution is 5.23. The Hall–Kier alpha value is -1.00. The number of nitrogens with zero attached hydrogens (tertiary/aromatic N) is 1. The van der Waals surface area contributed by atoms with Crippen LogP contribution < -0.4 is 5.32 Å². The monoisotopic (exact) mass is 296 g/mol. The van der Waals surface area contributed by atoms with E-state index in [1.807, 2.05) is 0 Å². The molecule has 21 heavy (non-hydrogen) atoms. The van der Waals surface area contributed by atoms with Gasteiger partial charge in [0, 0.05) is 24.2 Å². The van der Waals surface area contributed by atoms with E-state index < -0.39 is 11.6 Å². The molecule has 0 aliphatic carbocycles. The third kappa shape index (κ3) is 4.01. The van der Waals surface area contributed by atoms with Crippen LogP contribution in [-0.2, 0) is 0 Å². The van der Waals surface area contributed by atoms with Crippen LogP contribution in [0.25, 0.3) is 0 Å². The Balaban J connectivity index is 2.15. The summed E-state index contributed by atoms with van der Waals surface area (Å²) in [5.41, 5.74) is 0.449. The van der Waals surface area contributed by atoms with Gasteiger partial charge < -0.3 is 5.32 Å². The van der Waals surface area contributed by atoms with Crippen molar-refractivity contribution in [2.75, 3.05) is 19.6 Å². The molecule has 1 aliphatic rings. The van der Waals surface area contributed by atoms with Crippen LogP contribution in [-0.4, -0.2) is 30.6 Å². The minimum absolute atomic E-state index is 0.146. The van der Waals surface area contributed by atoms with E-state index >= 15 is 0 Å². The molecule has 1 aliphatic heterocycles. The highest BCUT2D eigenvalue weighted by atomic mass is 19.2. The van der Waals surface area contributed by atoms with Gasteiger partial charge in [-0.15, -0.1) is 0 Å². The van der Waals surface area contributed by atoms with Gasteiger partial charge in [-0.2, -0.15) is 0 Å². The number of halogens is 2. The van der Waals surface area contributed by atoms with Crippen molar-refractivity contribution in [1.29, 1.82) is 0 Å². The first kappa shape index (κ1) is 16.4. The van der Waals surface area contributed by atoms with Crippen LogP contribution in [0.15, 0.2) is 18.2 Å². The Labute approximate surface area is 126 Å². The van der Waals surface area contributed by atoms with Crippen LogP contribution in [0.3, 0.4) is 0 Å². The van der Waals surface area contributed by atoms with Crippen molar-refractivity contribution in [3.63, 3.8) is 0 Å². The maximum atomic E-state index is 14.1. The van der Waals surface area contributed by atoms with E-state index in [0.717, 1.165) is 32.5 Å². The van der Waals surface area contributed by atoms with E-state index in [4.69, 9.17) is 0 Å². The molecule has 1 aromatic carbocycles. The average Bonchev–Trinajstić information content (AvgIpc) is 2.93. The summed E-state index contributed by atoms with van der Waals surface area (Å²) in [6.45, 7) is 6.89. The second-order valence-electron chi connectivity index (χ2n) is 5.85. The van der Waals surface area contributed by atoms with Gasteiger partial charge in [0.1, 0.15) is 0 Å². The van der Waals surface area contributed by atoms with Crippen molar-refractivity contribution in [1.82, 2.24) is 10.2 Å². The Morgan fingerprint density at radius 1 is 1.33 bits per heavy atom. The minimum atomic E-state index is -0.760. The molecule has 1 heterocycles. The fourth-order valence-corrected chi connectivity index (χ4v) is 3.21. The molecule has 2 rings (SSSR count). The first-order chi connectivity index (χ1) is 10.2. The predicted molar refractivity (Wildman–Crippen MR) is 82.3 cm³/mol. The smallest absolute Gasteiger partial charge is 0.163 e. The highest BCUT2D eigenvalue weighted by Crippen LogP contribution is 2.25. The number of rotatable bonds is 7.